The second-order valence-corrected chi connectivity index (χ2v) is 8.07. The van der Waals surface area contributed by atoms with Gasteiger partial charge in [0.15, 0.2) is 5.11 Å². The molecule has 0 amide bonds. The Balaban J connectivity index is 1.61. The molecule has 1 atom stereocenters. The standard InChI is InChI=1S/C22H17BrN4O2S/c23-17-8-6-15(7-9-17)20-14-21(16-4-2-1-3-5-16)26(25-20)22(30)24-18-10-12-19(13-11-18)27(28)29/h1-13,21H,14H2,(H,24,30). The zero-order valence-corrected chi connectivity index (χ0v) is 18.1. The van der Waals surface area contributed by atoms with Crippen molar-refractivity contribution in [1.82, 2.24) is 5.01 Å². The number of nitrogens with one attached hydrogen (secondary N) is 1. The predicted molar refractivity (Wildman–Crippen MR) is 126 cm³/mol. The molecule has 0 aromatic heterocycles. The average Bonchev–Trinajstić information content (AvgIpc) is 3.21. The van der Waals surface area contributed by atoms with E-state index in [9.17, 15) is 10.1 Å². The van der Waals surface area contributed by atoms with E-state index in [1.807, 2.05) is 47.5 Å². The molecule has 1 unspecified atom stereocenters. The summed E-state index contributed by atoms with van der Waals surface area (Å²) in [5.74, 6) is 0. The number of rotatable bonds is 4. The number of nitro groups is 1. The molecule has 30 heavy (non-hydrogen) atoms. The molecule has 1 N–H and O–H groups in total. The number of hydrazone groups is 1. The Kier molecular flexibility index (Phi) is 5.87. The van der Waals surface area contributed by atoms with Gasteiger partial charge in [-0.15, -0.1) is 0 Å². The van der Waals surface area contributed by atoms with Crippen molar-refractivity contribution in [3.63, 3.8) is 0 Å². The van der Waals surface area contributed by atoms with Crippen molar-refractivity contribution in [2.24, 2.45) is 5.10 Å². The molecule has 1 aliphatic rings. The number of nitrogens with zero attached hydrogens (tertiary/aromatic N) is 3. The van der Waals surface area contributed by atoms with Crippen LogP contribution in [-0.2, 0) is 0 Å². The molecular formula is C22H17BrN4O2S. The second-order valence-electron chi connectivity index (χ2n) is 6.76. The number of hydrogen-bond acceptors (Lipinski definition) is 4. The Labute approximate surface area is 187 Å². The summed E-state index contributed by atoms with van der Waals surface area (Å²) in [6, 6.07) is 24.3. The van der Waals surface area contributed by atoms with Crippen LogP contribution in [0.15, 0.2) is 88.4 Å². The molecule has 150 valence electrons. The van der Waals surface area contributed by atoms with Gasteiger partial charge in [0.05, 0.1) is 16.7 Å². The minimum absolute atomic E-state index is 0.0327. The molecule has 0 aliphatic carbocycles. The maximum absolute atomic E-state index is 10.9. The Morgan fingerprint density at radius 1 is 1.07 bits per heavy atom. The van der Waals surface area contributed by atoms with Crippen LogP contribution in [-0.4, -0.2) is 20.8 Å². The van der Waals surface area contributed by atoms with Crippen LogP contribution in [0.1, 0.15) is 23.6 Å². The van der Waals surface area contributed by atoms with E-state index < -0.39 is 4.92 Å². The van der Waals surface area contributed by atoms with Gasteiger partial charge in [0.2, 0.25) is 0 Å². The maximum Gasteiger partial charge on any atom is 0.269 e. The Morgan fingerprint density at radius 2 is 1.73 bits per heavy atom. The molecule has 1 aliphatic heterocycles. The Bertz CT molecular complexity index is 1100. The van der Waals surface area contributed by atoms with Gasteiger partial charge in [0.1, 0.15) is 0 Å². The number of halogens is 1. The first-order chi connectivity index (χ1) is 14.5. The zero-order chi connectivity index (χ0) is 21.1. The van der Waals surface area contributed by atoms with Crippen LogP contribution in [0, 0.1) is 10.1 Å². The largest absolute Gasteiger partial charge is 0.331 e. The van der Waals surface area contributed by atoms with E-state index in [0.717, 1.165) is 21.3 Å². The molecule has 0 saturated carbocycles. The Morgan fingerprint density at radius 3 is 2.37 bits per heavy atom. The van der Waals surface area contributed by atoms with Crippen molar-refractivity contribution in [3.05, 3.63) is 105 Å². The van der Waals surface area contributed by atoms with Crippen LogP contribution >= 0.6 is 28.1 Å². The lowest BCUT2D eigenvalue weighted by atomic mass is 9.99. The highest BCUT2D eigenvalue weighted by Gasteiger charge is 2.31. The molecular weight excluding hydrogens is 464 g/mol. The van der Waals surface area contributed by atoms with Gasteiger partial charge in [0.25, 0.3) is 5.69 Å². The van der Waals surface area contributed by atoms with E-state index in [1.54, 1.807) is 12.1 Å². The second kappa shape index (κ2) is 8.73. The lowest BCUT2D eigenvalue weighted by Gasteiger charge is -2.24. The molecule has 8 heteroatoms. The van der Waals surface area contributed by atoms with Crippen molar-refractivity contribution in [2.75, 3.05) is 5.32 Å². The summed E-state index contributed by atoms with van der Waals surface area (Å²) in [5, 5.41) is 21.1. The van der Waals surface area contributed by atoms with E-state index in [-0.39, 0.29) is 11.7 Å². The van der Waals surface area contributed by atoms with Gasteiger partial charge >= 0.3 is 0 Å². The molecule has 0 spiro atoms. The van der Waals surface area contributed by atoms with Crippen molar-refractivity contribution < 1.29 is 4.92 Å². The molecule has 4 rings (SSSR count). The SMILES string of the molecule is O=[N+]([O-])c1ccc(NC(=S)N2N=C(c3ccc(Br)cc3)CC2c2ccccc2)cc1. The minimum Gasteiger partial charge on any atom is -0.331 e. The van der Waals surface area contributed by atoms with E-state index in [0.29, 0.717) is 17.2 Å². The number of benzene rings is 3. The van der Waals surface area contributed by atoms with Gasteiger partial charge in [-0.2, -0.15) is 5.10 Å². The molecule has 0 bridgehead atoms. The van der Waals surface area contributed by atoms with Gasteiger partial charge < -0.3 is 5.32 Å². The summed E-state index contributed by atoms with van der Waals surface area (Å²) in [6.07, 6.45) is 0.716. The first-order valence-electron chi connectivity index (χ1n) is 9.24. The normalized spacial score (nSPS) is 15.6. The van der Waals surface area contributed by atoms with Crippen LogP contribution in [0.5, 0.6) is 0 Å². The topological polar surface area (TPSA) is 70.8 Å². The number of anilines is 1. The van der Waals surface area contributed by atoms with Crippen molar-refractivity contribution in [1.29, 1.82) is 0 Å². The Hall–Kier alpha value is -3.10. The fourth-order valence-electron chi connectivity index (χ4n) is 3.30. The smallest absolute Gasteiger partial charge is 0.269 e. The molecule has 3 aromatic carbocycles. The highest BCUT2D eigenvalue weighted by molar-refractivity contribution is 9.10. The number of nitro benzene ring substituents is 1. The van der Waals surface area contributed by atoms with Crippen LogP contribution in [0.2, 0.25) is 0 Å². The highest BCUT2D eigenvalue weighted by atomic mass is 79.9. The molecule has 0 saturated heterocycles. The fourth-order valence-corrected chi connectivity index (χ4v) is 3.85. The number of hydrogen-bond donors (Lipinski definition) is 1. The molecule has 0 radical (unpaired) electrons. The van der Waals surface area contributed by atoms with E-state index >= 15 is 0 Å². The van der Waals surface area contributed by atoms with E-state index in [4.69, 9.17) is 17.3 Å². The lowest BCUT2D eigenvalue weighted by molar-refractivity contribution is -0.384. The molecule has 6 nitrogen and oxygen atoms in total. The molecule has 1 heterocycles. The average molecular weight is 481 g/mol. The third-order valence-electron chi connectivity index (χ3n) is 4.81. The third kappa shape index (κ3) is 4.39. The number of non-ortho nitro benzene ring substituents is 1. The first kappa shape index (κ1) is 20.2. The maximum atomic E-state index is 10.9. The summed E-state index contributed by atoms with van der Waals surface area (Å²) < 4.78 is 1.01. The van der Waals surface area contributed by atoms with Crippen molar-refractivity contribution in [2.45, 2.75) is 12.5 Å². The molecule has 0 fully saturated rings. The van der Waals surface area contributed by atoms with Gasteiger partial charge in [-0.05, 0) is 47.6 Å². The monoisotopic (exact) mass is 480 g/mol. The number of thiocarbonyl (C=S) groups is 1. The fraction of sp³-hybridized carbons (Fsp3) is 0.0909. The zero-order valence-electron chi connectivity index (χ0n) is 15.7. The van der Waals surface area contributed by atoms with Gasteiger partial charge in [-0.25, -0.2) is 5.01 Å². The van der Waals surface area contributed by atoms with Crippen LogP contribution in [0.4, 0.5) is 11.4 Å². The van der Waals surface area contributed by atoms with E-state index in [2.05, 4.69) is 33.4 Å². The highest BCUT2D eigenvalue weighted by Crippen LogP contribution is 2.33. The molecule has 3 aromatic rings. The van der Waals surface area contributed by atoms with Crippen molar-refractivity contribution in [3.8, 4) is 0 Å². The summed E-state index contributed by atoms with van der Waals surface area (Å²) in [4.78, 5) is 10.4. The third-order valence-corrected chi connectivity index (χ3v) is 5.63. The quantitative estimate of drug-likeness (QED) is 0.285. The van der Waals surface area contributed by atoms with Gasteiger partial charge in [-0.3, -0.25) is 10.1 Å². The summed E-state index contributed by atoms with van der Waals surface area (Å²) in [5.41, 5.74) is 3.81. The van der Waals surface area contributed by atoms with Gasteiger partial charge in [-0.1, -0.05) is 58.4 Å². The lowest BCUT2D eigenvalue weighted by Crippen LogP contribution is -2.31. The first-order valence-corrected chi connectivity index (χ1v) is 10.4. The summed E-state index contributed by atoms with van der Waals surface area (Å²) in [7, 11) is 0. The van der Waals surface area contributed by atoms with Crippen LogP contribution in [0.25, 0.3) is 0 Å². The van der Waals surface area contributed by atoms with E-state index in [1.165, 1.54) is 12.1 Å². The minimum atomic E-state index is -0.428. The van der Waals surface area contributed by atoms with Crippen LogP contribution < -0.4 is 5.32 Å². The summed E-state index contributed by atoms with van der Waals surface area (Å²) >= 11 is 9.11. The van der Waals surface area contributed by atoms with Crippen molar-refractivity contribution >= 4 is 50.3 Å². The van der Waals surface area contributed by atoms with Gasteiger partial charge in [0, 0.05) is 28.7 Å². The van der Waals surface area contributed by atoms with Crippen LogP contribution in [0.3, 0.4) is 0 Å². The predicted octanol–water partition coefficient (Wildman–Crippen LogP) is 5.91. The summed E-state index contributed by atoms with van der Waals surface area (Å²) in [6.45, 7) is 0.